The van der Waals surface area contributed by atoms with Gasteiger partial charge in [-0.1, -0.05) is 36.2 Å². The van der Waals surface area contributed by atoms with Gasteiger partial charge in [0.05, 0.1) is 0 Å². The fourth-order valence-corrected chi connectivity index (χ4v) is 2.58. The lowest BCUT2D eigenvalue weighted by Gasteiger charge is -2.20. The van der Waals surface area contributed by atoms with Crippen molar-refractivity contribution in [3.05, 3.63) is 69.7 Å². The lowest BCUT2D eigenvalue weighted by Crippen LogP contribution is -2.24. The zero-order chi connectivity index (χ0) is 15.4. The topological polar surface area (TPSA) is 12.0 Å². The zero-order valence-electron chi connectivity index (χ0n) is 12.1. The molecule has 1 unspecified atom stereocenters. The summed E-state index contributed by atoms with van der Waals surface area (Å²) >= 11 is 5.92. The molecule has 0 amide bonds. The molecule has 112 valence electrons. The first-order valence-corrected chi connectivity index (χ1v) is 7.32. The zero-order valence-corrected chi connectivity index (χ0v) is 12.8. The molecule has 0 fully saturated rings. The molecule has 21 heavy (non-hydrogen) atoms. The van der Waals surface area contributed by atoms with Gasteiger partial charge in [0.25, 0.3) is 0 Å². The molecular weight excluding hydrogens is 292 g/mol. The summed E-state index contributed by atoms with van der Waals surface area (Å²) in [6, 6.07) is 9.12. The van der Waals surface area contributed by atoms with Crippen molar-refractivity contribution in [3.8, 4) is 0 Å². The SMILES string of the molecule is CCNC(Cc1cc(Cl)ccc1F)c1cc(C)ccc1F. The fraction of sp³-hybridized carbons (Fsp3) is 0.294. The van der Waals surface area contributed by atoms with Gasteiger partial charge in [-0.3, -0.25) is 0 Å². The largest absolute Gasteiger partial charge is 0.310 e. The van der Waals surface area contributed by atoms with Crippen LogP contribution in [-0.4, -0.2) is 6.54 Å². The number of hydrogen-bond acceptors (Lipinski definition) is 1. The highest BCUT2D eigenvalue weighted by Crippen LogP contribution is 2.25. The Balaban J connectivity index is 2.35. The Hall–Kier alpha value is -1.45. The van der Waals surface area contributed by atoms with Crippen molar-refractivity contribution in [2.45, 2.75) is 26.3 Å². The molecule has 1 N–H and O–H groups in total. The van der Waals surface area contributed by atoms with E-state index in [9.17, 15) is 8.78 Å². The Kier molecular flexibility index (Phi) is 5.32. The average Bonchev–Trinajstić information content (AvgIpc) is 2.45. The molecule has 0 aromatic heterocycles. The van der Waals surface area contributed by atoms with Gasteiger partial charge in [-0.25, -0.2) is 8.78 Å². The van der Waals surface area contributed by atoms with Crippen LogP contribution in [0.1, 0.15) is 29.7 Å². The van der Waals surface area contributed by atoms with Gasteiger partial charge in [0.15, 0.2) is 0 Å². The molecule has 0 spiro atoms. The predicted octanol–water partition coefficient (Wildman–Crippen LogP) is 4.82. The van der Waals surface area contributed by atoms with Crippen LogP contribution in [0.15, 0.2) is 36.4 Å². The first-order valence-electron chi connectivity index (χ1n) is 6.94. The lowest BCUT2D eigenvalue weighted by atomic mass is 9.96. The fourth-order valence-electron chi connectivity index (χ4n) is 2.39. The van der Waals surface area contributed by atoms with Gasteiger partial charge >= 0.3 is 0 Å². The van der Waals surface area contributed by atoms with Crippen LogP contribution >= 0.6 is 11.6 Å². The molecule has 1 atom stereocenters. The van der Waals surface area contributed by atoms with Crippen LogP contribution < -0.4 is 5.32 Å². The molecule has 0 aliphatic heterocycles. The van der Waals surface area contributed by atoms with Crippen LogP contribution in [0.2, 0.25) is 5.02 Å². The van der Waals surface area contributed by atoms with Crippen LogP contribution in [0.25, 0.3) is 0 Å². The maximum atomic E-state index is 14.1. The van der Waals surface area contributed by atoms with Crippen molar-refractivity contribution < 1.29 is 8.78 Å². The van der Waals surface area contributed by atoms with E-state index in [0.29, 0.717) is 29.1 Å². The summed E-state index contributed by atoms with van der Waals surface area (Å²) in [7, 11) is 0. The van der Waals surface area contributed by atoms with E-state index in [1.807, 2.05) is 13.8 Å². The van der Waals surface area contributed by atoms with Gasteiger partial charge in [0, 0.05) is 16.6 Å². The normalized spacial score (nSPS) is 12.4. The standard InChI is InChI=1S/C17H18ClF2N/c1-3-21-17(14-8-11(2)4-6-16(14)20)10-12-9-13(18)5-7-15(12)19/h4-9,17,21H,3,10H2,1-2H3. The predicted molar refractivity (Wildman–Crippen MR) is 82.7 cm³/mol. The number of halogens is 3. The minimum atomic E-state index is -0.324. The number of aryl methyl sites for hydroxylation is 1. The number of benzene rings is 2. The molecule has 0 saturated heterocycles. The van der Waals surface area contributed by atoms with E-state index in [4.69, 9.17) is 11.6 Å². The van der Waals surface area contributed by atoms with Crippen LogP contribution in [0.3, 0.4) is 0 Å². The Labute approximate surface area is 128 Å². The monoisotopic (exact) mass is 309 g/mol. The number of nitrogens with one attached hydrogen (secondary N) is 1. The van der Waals surface area contributed by atoms with E-state index in [1.165, 1.54) is 18.2 Å². The van der Waals surface area contributed by atoms with Crippen molar-refractivity contribution >= 4 is 11.6 Å². The molecule has 2 rings (SSSR count). The smallest absolute Gasteiger partial charge is 0.128 e. The quantitative estimate of drug-likeness (QED) is 0.835. The van der Waals surface area contributed by atoms with Gasteiger partial charge in [-0.05, 0) is 49.7 Å². The van der Waals surface area contributed by atoms with Crippen molar-refractivity contribution in [3.63, 3.8) is 0 Å². The van der Waals surface area contributed by atoms with E-state index >= 15 is 0 Å². The van der Waals surface area contributed by atoms with Crippen LogP contribution in [0.4, 0.5) is 8.78 Å². The number of likely N-dealkylation sites (N-methyl/N-ethyl adjacent to an activating group) is 1. The second-order valence-corrected chi connectivity index (χ2v) is 5.51. The van der Waals surface area contributed by atoms with Crippen LogP contribution in [0, 0.1) is 18.6 Å². The summed E-state index contributed by atoms with van der Waals surface area (Å²) in [5, 5.41) is 3.69. The third-order valence-electron chi connectivity index (χ3n) is 3.41. The van der Waals surface area contributed by atoms with Crippen molar-refractivity contribution in [2.75, 3.05) is 6.54 Å². The van der Waals surface area contributed by atoms with Gasteiger partial charge in [-0.15, -0.1) is 0 Å². The molecule has 2 aromatic carbocycles. The summed E-state index contributed by atoms with van der Waals surface area (Å²) in [6.45, 7) is 4.52. The van der Waals surface area contributed by atoms with E-state index in [1.54, 1.807) is 18.2 Å². The third kappa shape index (κ3) is 4.02. The molecule has 1 nitrogen and oxygen atoms in total. The average molecular weight is 310 g/mol. The summed E-state index contributed by atoms with van der Waals surface area (Å²) in [5.41, 5.74) is 2.01. The molecule has 0 heterocycles. The molecule has 0 saturated carbocycles. The minimum absolute atomic E-state index is 0.283. The summed E-state index contributed by atoms with van der Waals surface area (Å²) in [4.78, 5) is 0. The Morgan fingerprint density at radius 2 is 1.81 bits per heavy atom. The summed E-state index contributed by atoms with van der Waals surface area (Å²) in [6.07, 6.45) is 0.348. The molecule has 0 bridgehead atoms. The number of rotatable bonds is 5. The number of hydrogen-bond donors (Lipinski definition) is 1. The maximum absolute atomic E-state index is 14.1. The van der Waals surface area contributed by atoms with Crippen molar-refractivity contribution in [2.24, 2.45) is 0 Å². The second-order valence-electron chi connectivity index (χ2n) is 5.08. The van der Waals surface area contributed by atoms with E-state index < -0.39 is 0 Å². The molecule has 0 aliphatic rings. The van der Waals surface area contributed by atoms with E-state index in [0.717, 1.165) is 5.56 Å². The molecular formula is C17H18ClF2N. The highest BCUT2D eigenvalue weighted by Gasteiger charge is 2.17. The first-order chi connectivity index (χ1) is 10.0. The third-order valence-corrected chi connectivity index (χ3v) is 3.64. The second kappa shape index (κ2) is 7.01. The molecule has 4 heteroatoms. The minimum Gasteiger partial charge on any atom is -0.310 e. The van der Waals surface area contributed by atoms with Gasteiger partial charge in [0.1, 0.15) is 11.6 Å². The highest BCUT2D eigenvalue weighted by molar-refractivity contribution is 6.30. The maximum Gasteiger partial charge on any atom is 0.128 e. The first kappa shape index (κ1) is 15.9. The Morgan fingerprint density at radius 3 is 2.52 bits per heavy atom. The summed E-state index contributed by atoms with van der Waals surface area (Å²) < 4.78 is 28.0. The van der Waals surface area contributed by atoms with Gasteiger partial charge in [0.2, 0.25) is 0 Å². The Bertz CT molecular complexity index is 628. The molecule has 0 aliphatic carbocycles. The molecule has 2 aromatic rings. The van der Waals surface area contributed by atoms with Crippen molar-refractivity contribution in [1.82, 2.24) is 5.32 Å². The van der Waals surface area contributed by atoms with Gasteiger partial charge < -0.3 is 5.32 Å². The van der Waals surface area contributed by atoms with E-state index in [2.05, 4.69) is 5.32 Å². The van der Waals surface area contributed by atoms with Gasteiger partial charge in [-0.2, -0.15) is 0 Å². The van der Waals surface area contributed by atoms with Crippen LogP contribution in [0.5, 0.6) is 0 Å². The summed E-state index contributed by atoms with van der Waals surface area (Å²) in [5.74, 6) is -0.607. The van der Waals surface area contributed by atoms with E-state index in [-0.39, 0.29) is 17.7 Å². The van der Waals surface area contributed by atoms with Crippen molar-refractivity contribution in [1.29, 1.82) is 0 Å². The lowest BCUT2D eigenvalue weighted by molar-refractivity contribution is 0.498. The molecule has 0 radical (unpaired) electrons. The van der Waals surface area contributed by atoms with Crippen LogP contribution in [-0.2, 0) is 6.42 Å². The highest BCUT2D eigenvalue weighted by atomic mass is 35.5. The Morgan fingerprint density at radius 1 is 1.10 bits per heavy atom.